The van der Waals surface area contributed by atoms with E-state index < -0.39 is 11.9 Å². The standard InChI is InChI=1S/C44H30N4O4S4/c1-51-43(49)29(27-45)25-35-17-19-37(53-35)39-21-23-41(55-39)47(31-9-5-3-6-10-31)33-13-15-34(16-14-33)48(32-11-7-4-8-12-32)42-24-22-40(56-42)38-20-18-36(54-38)26-30(28-46)44(50)52-2/h3-26H,1-2H3/b29-25+,30-26+. The maximum atomic E-state index is 12.0. The Kier molecular flexibility index (Phi) is 11.7. The number of carbonyl (C=O) groups is 2. The molecule has 0 radical (unpaired) electrons. The molecule has 8 nitrogen and oxygen atoms in total. The highest BCUT2D eigenvalue weighted by atomic mass is 32.1. The fraction of sp³-hybridized carbons (Fsp3) is 0.0455. The number of hydrogen-bond acceptors (Lipinski definition) is 12. The third-order valence-corrected chi connectivity index (χ3v) is 13.0. The quantitative estimate of drug-likeness (QED) is 0.0682. The fourth-order valence-electron chi connectivity index (χ4n) is 5.78. The summed E-state index contributed by atoms with van der Waals surface area (Å²) < 4.78 is 9.47. The normalized spacial score (nSPS) is 11.4. The molecular formula is C44H30N4O4S4. The van der Waals surface area contributed by atoms with Crippen molar-refractivity contribution in [2.75, 3.05) is 24.0 Å². The van der Waals surface area contributed by atoms with E-state index >= 15 is 0 Å². The molecule has 0 atom stereocenters. The van der Waals surface area contributed by atoms with Gasteiger partial charge in [0.2, 0.25) is 0 Å². The fourth-order valence-corrected chi connectivity index (χ4v) is 9.96. The summed E-state index contributed by atoms with van der Waals surface area (Å²) in [4.78, 5) is 34.1. The average Bonchev–Trinajstić information content (AvgIpc) is 4.09. The zero-order valence-electron chi connectivity index (χ0n) is 29.9. The van der Waals surface area contributed by atoms with E-state index in [9.17, 15) is 20.1 Å². The van der Waals surface area contributed by atoms with Crippen LogP contribution in [0.4, 0.5) is 32.8 Å². The van der Waals surface area contributed by atoms with Gasteiger partial charge < -0.3 is 19.3 Å². The number of methoxy groups -OCH3 is 2. The minimum atomic E-state index is -0.658. The van der Waals surface area contributed by atoms with E-state index in [0.29, 0.717) is 0 Å². The highest BCUT2D eigenvalue weighted by Gasteiger charge is 2.20. The van der Waals surface area contributed by atoms with Gasteiger partial charge in [0.15, 0.2) is 0 Å². The molecule has 0 spiro atoms. The average molecular weight is 807 g/mol. The number of nitriles is 2. The van der Waals surface area contributed by atoms with Gasteiger partial charge in [-0.2, -0.15) is 10.5 Å². The topological polar surface area (TPSA) is 107 Å². The maximum absolute atomic E-state index is 12.0. The molecule has 0 fully saturated rings. The van der Waals surface area contributed by atoms with E-state index in [1.807, 2.05) is 72.8 Å². The van der Waals surface area contributed by atoms with E-state index in [1.165, 1.54) is 36.9 Å². The molecule has 4 heterocycles. The predicted molar refractivity (Wildman–Crippen MR) is 229 cm³/mol. The summed E-state index contributed by atoms with van der Waals surface area (Å²) in [6.45, 7) is 0. The molecule has 12 heteroatoms. The first-order valence-electron chi connectivity index (χ1n) is 17.0. The Morgan fingerprint density at radius 2 is 0.821 bits per heavy atom. The Labute approximate surface area is 339 Å². The number of rotatable bonds is 12. The molecule has 0 unspecified atom stereocenters. The van der Waals surface area contributed by atoms with E-state index in [-0.39, 0.29) is 11.1 Å². The van der Waals surface area contributed by atoms with Crippen LogP contribution in [0.1, 0.15) is 9.75 Å². The first-order chi connectivity index (χ1) is 27.4. The summed E-state index contributed by atoms with van der Waals surface area (Å²) in [5.41, 5.74) is 3.92. The zero-order valence-corrected chi connectivity index (χ0v) is 33.2. The second kappa shape index (κ2) is 17.3. The highest BCUT2D eigenvalue weighted by molar-refractivity contribution is 7.25. The van der Waals surface area contributed by atoms with Crippen LogP contribution in [0.5, 0.6) is 0 Å². The van der Waals surface area contributed by atoms with Crippen LogP contribution in [0.2, 0.25) is 0 Å². The largest absolute Gasteiger partial charge is 0.465 e. The number of ether oxygens (including phenoxy) is 2. The number of carbonyl (C=O) groups excluding carboxylic acids is 2. The van der Waals surface area contributed by atoms with E-state index in [4.69, 9.17) is 9.47 Å². The summed E-state index contributed by atoms with van der Waals surface area (Å²) in [6, 6.07) is 49.0. The van der Waals surface area contributed by atoms with Crippen molar-refractivity contribution in [2.24, 2.45) is 0 Å². The maximum Gasteiger partial charge on any atom is 0.348 e. The van der Waals surface area contributed by atoms with Crippen molar-refractivity contribution in [1.29, 1.82) is 10.5 Å². The Bertz CT molecular complexity index is 2460. The second-order valence-electron chi connectivity index (χ2n) is 11.9. The van der Waals surface area contributed by atoms with Crippen molar-refractivity contribution in [3.63, 3.8) is 0 Å². The van der Waals surface area contributed by atoms with Gasteiger partial charge in [0.05, 0.1) is 14.2 Å². The molecule has 7 rings (SSSR count). The third-order valence-electron chi connectivity index (χ3n) is 8.38. The number of para-hydroxylation sites is 2. The Balaban J connectivity index is 1.20. The number of anilines is 6. The van der Waals surface area contributed by atoms with Gasteiger partial charge in [0.25, 0.3) is 0 Å². The van der Waals surface area contributed by atoms with Crippen molar-refractivity contribution >= 4 is 102 Å². The van der Waals surface area contributed by atoms with Crippen LogP contribution < -0.4 is 9.80 Å². The molecule has 274 valence electrons. The molecule has 0 saturated heterocycles. The molecule has 0 aliphatic rings. The first-order valence-corrected chi connectivity index (χ1v) is 20.3. The molecule has 0 N–H and O–H groups in total. The van der Waals surface area contributed by atoms with Crippen molar-refractivity contribution in [2.45, 2.75) is 0 Å². The van der Waals surface area contributed by atoms with Crippen LogP contribution in [0.15, 0.2) is 145 Å². The van der Waals surface area contributed by atoms with Gasteiger partial charge >= 0.3 is 11.9 Å². The molecule has 7 aromatic rings. The Hall–Kier alpha value is -6.54. The number of esters is 2. The summed E-state index contributed by atoms with van der Waals surface area (Å²) in [5.74, 6) is -1.32. The van der Waals surface area contributed by atoms with E-state index in [0.717, 1.165) is 62.0 Å². The van der Waals surface area contributed by atoms with E-state index in [1.54, 1.807) is 34.8 Å². The molecule has 0 amide bonds. The SMILES string of the molecule is COC(=O)/C(C#N)=C/c1ccc(-c2ccc(N(c3ccccc3)c3ccc(N(c4ccccc4)c4ccc(-c5ccc(/C=C(\C#N)C(=O)OC)s5)s4)cc3)s2)s1. The first kappa shape index (κ1) is 37.8. The summed E-state index contributed by atoms with van der Waals surface area (Å²) >= 11 is 6.32. The lowest BCUT2D eigenvalue weighted by Crippen LogP contribution is -2.10. The van der Waals surface area contributed by atoms with Gasteiger partial charge in [-0.15, -0.1) is 45.3 Å². The number of benzene rings is 3. The molecule has 0 aliphatic heterocycles. The molecule has 0 saturated carbocycles. The van der Waals surface area contributed by atoms with Crippen molar-refractivity contribution in [1.82, 2.24) is 0 Å². The van der Waals surface area contributed by atoms with Gasteiger partial charge in [0, 0.05) is 52.0 Å². The third kappa shape index (κ3) is 8.25. The lowest BCUT2D eigenvalue weighted by atomic mass is 10.2. The molecule has 0 bridgehead atoms. The molecule has 3 aromatic carbocycles. The summed E-state index contributed by atoms with van der Waals surface area (Å²) in [7, 11) is 2.52. The lowest BCUT2D eigenvalue weighted by molar-refractivity contribution is -0.136. The highest BCUT2D eigenvalue weighted by Crippen LogP contribution is 2.46. The van der Waals surface area contributed by atoms with Gasteiger partial charge in [-0.3, -0.25) is 0 Å². The molecule has 56 heavy (non-hydrogen) atoms. The number of hydrogen-bond donors (Lipinski definition) is 0. The van der Waals surface area contributed by atoms with Gasteiger partial charge in [0.1, 0.15) is 33.3 Å². The van der Waals surface area contributed by atoms with Crippen LogP contribution in [0, 0.1) is 22.7 Å². The predicted octanol–water partition coefficient (Wildman–Crippen LogP) is 12.4. The molecule has 0 aliphatic carbocycles. The van der Waals surface area contributed by atoms with Crippen molar-refractivity contribution < 1.29 is 19.1 Å². The van der Waals surface area contributed by atoms with Crippen molar-refractivity contribution in [3.05, 3.63) is 154 Å². The minimum Gasteiger partial charge on any atom is -0.465 e. The smallest absolute Gasteiger partial charge is 0.348 e. The summed E-state index contributed by atoms with van der Waals surface area (Å²) in [5, 5.41) is 20.9. The van der Waals surface area contributed by atoms with Gasteiger partial charge in [-0.05, 0) is 109 Å². The van der Waals surface area contributed by atoms with Crippen LogP contribution in [0.3, 0.4) is 0 Å². The molecular weight excluding hydrogens is 777 g/mol. The van der Waals surface area contributed by atoms with Gasteiger partial charge in [-0.1, -0.05) is 36.4 Å². The van der Waals surface area contributed by atoms with Crippen LogP contribution in [-0.4, -0.2) is 26.2 Å². The number of nitrogens with zero attached hydrogens (tertiary/aromatic N) is 4. The minimum absolute atomic E-state index is 0.0458. The van der Waals surface area contributed by atoms with E-state index in [2.05, 4.69) is 82.6 Å². The zero-order chi connectivity index (χ0) is 39.0. The lowest BCUT2D eigenvalue weighted by Gasteiger charge is -2.26. The van der Waals surface area contributed by atoms with Crippen LogP contribution in [-0.2, 0) is 19.1 Å². The van der Waals surface area contributed by atoms with Crippen LogP contribution in [0.25, 0.3) is 31.7 Å². The number of thiophene rings is 4. The Morgan fingerprint density at radius 3 is 1.18 bits per heavy atom. The van der Waals surface area contributed by atoms with Crippen molar-refractivity contribution in [3.8, 4) is 31.6 Å². The monoisotopic (exact) mass is 806 g/mol. The van der Waals surface area contributed by atoms with Crippen LogP contribution >= 0.6 is 45.3 Å². The van der Waals surface area contributed by atoms with Gasteiger partial charge in [-0.25, -0.2) is 9.59 Å². The second-order valence-corrected chi connectivity index (χ2v) is 16.2. The Morgan fingerprint density at radius 1 is 0.482 bits per heavy atom. The summed E-state index contributed by atoms with van der Waals surface area (Å²) in [6.07, 6.45) is 3.11. The molecule has 4 aromatic heterocycles.